The van der Waals surface area contributed by atoms with E-state index in [-0.39, 0.29) is 29.7 Å². The first-order chi connectivity index (χ1) is 10.6. The van der Waals surface area contributed by atoms with E-state index in [1.165, 1.54) is 11.1 Å². The van der Waals surface area contributed by atoms with E-state index in [0.29, 0.717) is 19.0 Å². The number of aryl methyl sites for hydroxylation is 1. The van der Waals surface area contributed by atoms with Crippen LogP contribution in [0.25, 0.3) is 0 Å². The maximum absolute atomic E-state index is 12.1. The average Bonchev–Trinajstić information content (AvgIpc) is 2.44. The average molecular weight is 467 g/mol. The van der Waals surface area contributed by atoms with Gasteiger partial charge in [-0.25, -0.2) is 8.42 Å². The molecular formula is C17H30IN3O2S. The number of nitrogens with one attached hydrogen (secondary N) is 1. The van der Waals surface area contributed by atoms with Gasteiger partial charge in [0, 0.05) is 27.2 Å². The van der Waals surface area contributed by atoms with Gasteiger partial charge < -0.3 is 10.2 Å². The van der Waals surface area contributed by atoms with Gasteiger partial charge >= 0.3 is 0 Å². The Bertz CT molecular complexity index is 635. The lowest BCUT2D eigenvalue weighted by Gasteiger charge is -2.23. The van der Waals surface area contributed by atoms with Crippen molar-refractivity contribution in [1.82, 2.24) is 10.2 Å². The number of halogens is 1. The van der Waals surface area contributed by atoms with Crippen molar-refractivity contribution < 1.29 is 8.42 Å². The van der Waals surface area contributed by atoms with Gasteiger partial charge in [0.2, 0.25) is 0 Å². The molecule has 0 heterocycles. The van der Waals surface area contributed by atoms with Crippen molar-refractivity contribution in [2.45, 2.75) is 39.0 Å². The van der Waals surface area contributed by atoms with Crippen LogP contribution in [0.5, 0.6) is 0 Å². The molecule has 0 spiro atoms. The zero-order valence-corrected chi connectivity index (χ0v) is 18.6. The van der Waals surface area contributed by atoms with Crippen LogP contribution in [0.1, 0.15) is 31.9 Å². The SMILES string of the molecule is CN=C(NCCS(=O)(=O)C(C)(C)C)N(C)Cc1ccc(C)cc1.I. The lowest BCUT2D eigenvalue weighted by atomic mass is 10.1. The molecule has 1 aromatic rings. The van der Waals surface area contributed by atoms with Gasteiger partial charge in [-0.1, -0.05) is 29.8 Å². The van der Waals surface area contributed by atoms with Crippen LogP contribution in [-0.2, 0) is 16.4 Å². The van der Waals surface area contributed by atoms with E-state index in [0.717, 1.165) is 0 Å². The topological polar surface area (TPSA) is 61.8 Å². The lowest BCUT2D eigenvalue weighted by molar-refractivity contribution is 0.478. The van der Waals surface area contributed by atoms with Crippen molar-refractivity contribution in [3.63, 3.8) is 0 Å². The molecule has 0 aromatic heterocycles. The summed E-state index contributed by atoms with van der Waals surface area (Å²) in [6.45, 7) is 8.29. The molecule has 24 heavy (non-hydrogen) atoms. The van der Waals surface area contributed by atoms with Gasteiger partial charge in [0.05, 0.1) is 10.5 Å². The first-order valence-corrected chi connectivity index (χ1v) is 9.41. The first kappa shape index (κ1) is 23.2. The third-order valence-electron chi connectivity index (χ3n) is 3.70. The van der Waals surface area contributed by atoms with E-state index in [1.54, 1.807) is 27.8 Å². The molecule has 0 unspecified atom stereocenters. The summed E-state index contributed by atoms with van der Waals surface area (Å²) in [6.07, 6.45) is 0. The molecule has 0 atom stereocenters. The highest BCUT2D eigenvalue weighted by Crippen LogP contribution is 2.15. The van der Waals surface area contributed by atoms with Gasteiger partial charge in [-0.3, -0.25) is 4.99 Å². The Morgan fingerprint density at radius 1 is 1.21 bits per heavy atom. The molecule has 1 rings (SSSR count). The Hall–Kier alpha value is -0.830. The third-order valence-corrected chi connectivity index (χ3v) is 6.31. The van der Waals surface area contributed by atoms with Crippen molar-refractivity contribution in [3.8, 4) is 0 Å². The zero-order valence-electron chi connectivity index (χ0n) is 15.5. The van der Waals surface area contributed by atoms with Crippen LogP contribution < -0.4 is 5.32 Å². The van der Waals surface area contributed by atoms with E-state index in [1.807, 2.05) is 11.9 Å². The minimum Gasteiger partial charge on any atom is -0.355 e. The fourth-order valence-electron chi connectivity index (χ4n) is 2.03. The molecule has 0 aliphatic heterocycles. The van der Waals surface area contributed by atoms with Crippen molar-refractivity contribution in [2.75, 3.05) is 26.4 Å². The predicted octanol–water partition coefficient (Wildman–Crippen LogP) is 2.83. The van der Waals surface area contributed by atoms with Crippen molar-refractivity contribution in [2.24, 2.45) is 4.99 Å². The summed E-state index contributed by atoms with van der Waals surface area (Å²) >= 11 is 0. The Kier molecular flexibility index (Phi) is 9.27. The van der Waals surface area contributed by atoms with Gasteiger partial charge in [-0.2, -0.15) is 0 Å². The second-order valence-corrected chi connectivity index (χ2v) is 9.61. The summed E-state index contributed by atoms with van der Waals surface area (Å²) in [4.78, 5) is 6.20. The van der Waals surface area contributed by atoms with Gasteiger partial charge in [-0.15, -0.1) is 24.0 Å². The standard InChI is InChI=1S/C17H29N3O2S.HI/c1-14-7-9-15(10-8-14)13-20(6)16(18-5)19-11-12-23(21,22)17(2,3)4;/h7-10H,11-13H2,1-6H3,(H,18,19);1H. The van der Waals surface area contributed by atoms with Crippen LogP contribution in [0.3, 0.4) is 0 Å². The molecule has 7 heteroatoms. The lowest BCUT2D eigenvalue weighted by Crippen LogP contribution is -2.42. The van der Waals surface area contributed by atoms with Crippen molar-refractivity contribution >= 4 is 39.8 Å². The molecule has 1 aromatic carbocycles. The Morgan fingerprint density at radius 3 is 2.21 bits per heavy atom. The maximum Gasteiger partial charge on any atom is 0.193 e. The summed E-state index contributed by atoms with van der Waals surface area (Å²) in [5, 5.41) is 3.13. The van der Waals surface area contributed by atoms with E-state index >= 15 is 0 Å². The predicted molar refractivity (Wildman–Crippen MR) is 113 cm³/mol. The number of benzene rings is 1. The van der Waals surface area contributed by atoms with E-state index in [4.69, 9.17) is 0 Å². The smallest absolute Gasteiger partial charge is 0.193 e. The quantitative estimate of drug-likeness (QED) is 0.411. The zero-order chi connectivity index (χ0) is 17.7. The summed E-state index contributed by atoms with van der Waals surface area (Å²) in [5.41, 5.74) is 2.41. The number of rotatable bonds is 5. The van der Waals surface area contributed by atoms with Crippen LogP contribution >= 0.6 is 24.0 Å². The van der Waals surface area contributed by atoms with Crippen LogP contribution in [0, 0.1) is 6.92 Å². The minimum atomic E-state index is -3.13. The van der Waals surface area contributed by atoms with Crippen LogP contribution in [0.4, 0.5) is 0 Å². The summed E-state index contributed by atoms with van der Waals surface area (Å²) in [6, 6.07) is 8.33. The highest BCUT2D eigenvalue weighted by molar-refractivity contribution is 14.0. The van der Waals surface area contributed by atoms with E-state index < -0.39 is 14.6 Å². The molecule has 1 N–H and O–H groups in total. The number of aliphatic imine (C=N–C) groups is 1. The minimum absolute atomic E-state index is 0. The summed E-state index contributed by atoms with van der Waals surface area (Å²) < 4.78 is 23.5. The van der Waals surface area contributed by atoms with E-state index in [2.05, 4.69) is 41.5 Å². The highest BCUT2D eigenvalue weighted by Gasteiger charge is 2.28. The Balaban J connectivity index is 0.00000529. The van der Waals surface area contributed by atoms with E-state index in [9.17, 15) is 8.42 Å². The van der Waals surface area contributed by atoms with Gasteiger partial charge in [0.15, 0.2) is 15.8 Å². The molecule has 0 fully saturated rings. The Labute approximate surface area is 163 Å². The van der Waals surface area contributed by atoms with Crippen molar-refractivity contribution in [1.29, 1.82) is 0 Å². The molecule has 138 valence electrons. The molecule has 0 bridgehead atoms. The van der Waals surface area contributed by atoms with Crippen LogP contribution in [0.2, 0.25) is 0 Å². The van der Waals surface area contributed by atoms with Gasteiger partial charge in [0.1, 0.15) is 0 Å². The molecule has 0 saturated heterocycles. The molecular weight excluding hydrogens is 437 g/mol. The number of nitrogens with zero attached hydrogens (tertiary/aromatic N) is 2. The monoisotopic (exact) mass is 467 g/mol. The Morgan fingerprint density at radius 2 is 1.75 bits per heavy atom. The van der Waals surface area contributed by atoms with Gasteiger partial charge in [0.25, 0.3) is 0 Å². The molecule has 0 amide bonds. The molecule has 0 radical (unpaired) electrons. The second kappa shape index (κ2) is 9.60. The number of guanidine groups is 1. The molecule has 0 aliphatic carbocycles. The van der Waals surface area contributed by atoms with Crippen molar-refractivity contribution in [3.05, 3.63) is 35.4 Å². The van der Waals surface area contributed by atoms with Gasteiger partial charge in [-0.05, 0) is 33.3 Å². The van der Waals surface area contributed by atoms with Crippen LogP contribution in [-0.4, -0.2) is 50.4 Å². The fraction of sp³-hybridized carbons (Fsp3) is 0.588. The molecule has 5 nitrogen and oxygen atoms in total. The summed E-state index contributed by atoms with van der Waals surface area (Å²) in [7, 11) is 0.512. The first-order valence-electron chi connectivity index (χ1n) is 7.76. The largest absolute Gasteiger partial charge is 0.355 e. The molecule has 0 saturated carbocycles. The normalized spacial score (nSPS) is 12.5. The number of hydrogen-bond acceptors (Lipinski definition) is 3. The number of sulfone groups is 1. The maximum atomic E-state index is 12.1. The molecule has 0 aliphatic rings. The summed E-state index contributed by atoms with van der Waals surface area (Å²) in [5.74, 6) is 0.781. The number of hydrogen-bond donors (Lipinski definition) is 1. The van der Waals surface area contributed by atoms with Crippen LogP contribution in [0.15, 0.2) is 29.3 Å². The fourth-order valence-corrected chi connectivity index (χ4v) is 3.01. The second-order valence-electron chi connectivity index (χ2n) is 6.75. The highest BCUT2D eigenvalue weighted by atomic mass is 127. The third kappa shape index (κ3) is 6.96.